The lowest BCUT2D eigenvalue weighted by molar-refractivity contribution is -0.121. The highest BCUT2D eigenvalue weighted by atomic mass is 16.1. The third-order valence-electron chi connectivity index (χ3n) is 4.27. The highest BCUT2D eigenvalue weighted by Gasteiger charge is 2.10. The highest BCUT2D eigenvalue weighted by Crippen LogP contribution is 2.15. The summed E-state index contributed by atoms with van der Waals surface area (Å²) in [7, 11) is 0. The first-order chi connectivity index (χ1) is 12.2. The molecule has 0 saturated carbocycles. The second kappa shape index (κ2) is 6.39. The van der Waals surface area contributed by atoms with E-state index in [2.05, 4.69) is 20.3 Å². The molecule has 25 heavy (non-hydrogen) atoms. The minimum absolute atomic E-state index is 0.0256. The lowest BCUT2D eigenvalue weighted by atomic mass is 10.3. The van der Waals surface area contributed by atoms with Crippen molar-refractivity contribution in [2.75, 3.05) is 6.54 Å². The Morgan fingerprint density at radius 2 is 1.84 bits per heavy atom. The Hall–Kier alpha value is -3.15. The van der Waals surface area contributed by atoms with Gasteiger partial charge in [-0.15, -0.1) is 0 Å². The number of imidazole rings is 2. The van der Waals surface area contributed by atoms with Crippen LogP contribution in [0.25, 0.3) is 22.1 Å². The number of hydrogen-bond donors (Lipinski definition) is 2. The van der Waals surface area contributed by atoms with Crippen LogP contribution < -0.4 is 5.32 Å². The molecule has 0 spiro atoms. The number of amides is 1. The molecule has 4 rings (SSSR count). The molecular weight excluding hydrogens is 314 g/mol. The molecule has 0 radical (unpaired) electrons. The largest absolute Gasteiger partial charge is 0.354 e. The summed E-state index contributed by atoms with van der Waals surface area (Å²) in [6.07, 6.45) is 0.671. The number of para-hydroxylation sites is 4. The van der Waals surface area contributed by atoms with E-state index in [0.717, 1.165) is 33.7 Å². The second-order valence-electron chi connectivity index (χ2n) is 6.03. The first-order valence-corrected chi connectivity index (χ1v) is 8.33. The molecule has 0 fully saturated rings. The molecule has 0 unspecified atom stereocenters. The van der Waals surface area contributed by atoms with E-state index in [1.807, 2.05) is 60.0 Å². The summed E-state index contributed by atoms with van der Waals surface area (Å²) in [5.41, 5.74) is 3.86. The third kappa shape index (κ3) is 3.10. The maximum atomic E-state index is 12.3. The molecule has 0 bridgehead atoms. The summed E-state index contributed by atoms with van der Waals surface area (Å²) in [6, 6.07) is 15.8. The molecule has 1 amide bonds. The molecule has 126 valence electrons. The number of aryl methyl sites for hydroxylation is 1. The van der Waals surface area contributed by atoms with Gasteiger partial charge in [0.15, 0.2) is 0 Å². The number of nitrogens with zero attached hydrogens (tertiary/aromatic N) is 3. The summed E-state index contributed by atoms with van der Waals surface area (Å²) in [4.78, 5) is 24.6. The van der Waals surface area contributed by atoms with E-state index in [4.69, 9.17) is 0 Å². The molecule has 0 saturated heterocycles. The Kier molecular flexibility index (Phi) is 3.93. The quantitative estimate of drug-likeness (QED) is 0.589. The first-order valence-electron chi connectivity index (χ1n) is 8.33. The van der Waals surface area contributed by atoms with E-state index in [-0.39, 0.29) is 12.5 Å². The standard InChI is InChI=1S/C19H19N5O/c1-13-21-16-8-4-5-9-17(16)24(13)12-19(25)20-11-10-18-22-14-6-2-3-7-15(14)23-18/h2-9H,10-12H2,1H3,(H,20,25)(H,22,23). The number of fused-ring (bicyclic) bond motifs is 2. The fraction of sp³-hybridized carbons (Fsp3) is 0.211. The molecule has 0 aliphatic rings. The van der Waals surface area contributed by atoms with Crippen molar-refractivity contribution in [3.05, 3.63) is 60.2 Å². The summed E-state index contributed by atoms with van der Waals surface area (Å²) in [5.74, 6) is 1.70. The van der Waals surface area contributed by atoms with E-state index in [0.29, 0.717) is 13.0 Å². The van der Waals surface area contributed by atoms with Crippen LogP contribution >= 0.6 is 0 Å². The zero-order valence-electron chi connectivity index (χ0n) is 14.0. The average molecular weight is 333 g/mol. The molecule has 2 aromatic carbocycles. The summed E-state index contributed by atoms with van der Waals surface area (Å²) in [6.45, 7) is 2.73. The monoisotopic (exact) mass is 333 g/mol. The van der Waals surface area contributed by atoms with Gasteiger partial charge in [0.05, 0.1) is 22.1 Å². The number of rotatable bonds is 5. The zero-order chi connectivity index (χ0) is 17.2. The van der Waals surface area contributed by atoms with Crippen molar-refractivity contribution in [3.8, 4) is 0 Å². The van der Waals surface area contributed by atoms with Crippen molar-refractivity contribution in [1.82, 2.24) is 24.8 Å². The highest BCUT2D eigenvalue weighted by molar-refractivity contribution is 5.81. The molecule has 4 aromatic rings. The van der Waals surface area contributed by atoms with Gasteiger partial charge in [-0.1, -0.05) is 24.3 Å². The maximum Gasteiger partial charge on any atom is 0.240 e. The van der Waals surface area contributed by atoms with Crippen LogP contribution in [-0.2, 0) is 17.8 Å². The van der Waals surface area contributed by atoms with Crippen LogP contribution in [0.4, 0.5) is 0 Å². The van der Waals surface area contributed by atoms with Crippen LogP contribution in [0.15, 0.2) is 48.5 Å². The van der Waals surface area contributed by atoms with Crippen molar-refractivity contribution < 1.29 is 4.79 Å². The summed E-state index contributed by atoms with van der Waals surface area (Å²) in [5, 5.41) is 2.96. The van der Waals surface area contributed by atoms with E-state index in [1.165, 1.54) is 0 Å². The smallest absolute Gasteiger partial charge is 0.240 e. The number of aromatic amines is 1. The Bertz CT molecular complexity index is 1010. The normalized spacial score (nSPS) is 11.2. The van der Waals surface area contributed by atoms with Crippen LogP contribution in [0, 0.1) is 6.92 Å². The SMILES string of the molecule is Cc1nc2ccccc2n1CC(=O)NCCc1nc2ccccc2[nH]1. The van der Waals surface area contributed by atoms with E-state index in [1.54, 1.807) is 0 Å². The predicted octanol–water partition coefficient (Wildman–Crippen LogP) is 2.58. The topological polar surface area (TPSA) is 75.6 Å². The van der Waals surface area contributed by atoms with Gasteiger partial charge in [0.2, 0.25) is 5.91 Å². The second-order valence-corrected chi connectivity index (χ2v) is 6.03. The van der Waals surface area contributed by atoms with Crippen LogP contribution in [-0.4, -0.2) is 32.0 Å². The lowest BCUT2D eigenvalue weighted by Gasteiger charge is -2.07. The lowest BCUT2D eigenvalue weighted by Crippen LogP contribution is -2.29. The van der Waals surface area contributed by atoms with Gasteiger partial charge in [0, 0.05) is 13.0 Å². The number of benzene rings is 2. The molecule has 0 aliphatic carbocycles. The van der Waals surface area contributed by atoms with Crippen molar-refractivity contribution in [2.45, 2.75) is 19.9 Å². The van der Waals surface area contributed by atoms with E-state index >= 15 is 0 Å². The van der Waals surface area contributed by atoms with Crippen LogP contribution in [0.3, 0.4) is 0 Å². The minimum atomic E-state index is -0.0256. The fourth-order valence-corrected chi connectivity index (χ4v) is 3.04. The molecular formula is C19H19N5O. The Labute approximate surface area is 144 Å². The van der Waals surface area contributed by atoms with Crippen molar-refractivity contribution in [2.24, 2.45) is 0 Å². The van der Waals surface area contributed by atoms with E-state index in [9.17, 15) is 4.79 Å². The molecule has 2 aromatic heterocycles. The molecule has 0 aliphatic heterocycles. The summed E-state index contributed by atoms with van der Waals surface area (Å²) < 4.78 is 1.94. The predicted molar refractivity (Wildman–Crippen MR) is 97.3 cm³/mol. The number of hydrogen-bond acceptors (Lipinski definition) is 3. The molecule has 6 heteroatoms. The van der Waals surface area contributed by atoms with Gasteiger partial charge in [-0.3, -0.25) is 4.79 Å². The Morgan fingerprint density at radius 1 is 1.08 bits per heavy atom. The van der Waals surface area contributed by atoms with E-state index < -0.39 is 0 Å². The van der Waals surface area contributed by atoms with Crippen LogP contribution in [0.5, 0.6) is 0 Å². The molecule has 2 N–H and O–H groups in total. The Balaban J connectivity index is 1.38. The number of H-pyrrole nitrogens is 1. The van der Waals surface area contributed by atoms with Gasteiger partial charge >= 0.3 is 0 Å². The molecule has 6 nitrogen and oxygen atoms in total. The number of aromatic nitrogens is 4. The van der Waals surface area contributed by atoms with Gasteiger partial charge < -0.3 is 14.9 Å². The first kappa shape index (κ1) is 15.4. The van der Waals surface area contributed by atoms with Crippen molar-refractivity contribution in [3.63, 3.8) is 0 Å². The van der Waals surface area contributed by atoms with Crippen molar-refractivity contribution in [1.29, 1.82) is 0 Å². The number of nitrogens with one attached hydrogen (secondary N) is 2. The number of carbonyl (C=O) groups is 1. The van der Waals surface area contributed by atoms with Gasteiger partial charge in [-0.2, -0.15) is 0 Å². The van der Waals surface area contributed by atoms with Crippen LogP contribution in [0.1, 0.15) is 11.6 Å². The molecule has 2 heterocycles. The summed E-state index contributed by atoms with van der Waals surface area (Å²) >= 11 is 0. The average Bonchev–Trinajstić information content (AvgIpc) is 3.16. The van der Waals surface area contributed by atoms with Crippen LogP contribution in [0.2, 0.25) is 0 Å². The minimum Gasteiger partial charge on any atom is -0.354 e. The fourth-order valence-electron chi connectivity index (χ4n) is 3.04. The Morgan fingerprint density at radius 3 is 2.68 bits per heavy atom. The number of carbonyl (C=O) groups excluding carboxylic acids is 1. The van der Waals surface area contributed by atoms with Gasteiger partial charge in [0.1, 0.15) is 18.2 Å². The van der Waals surface area contributed by atoms with Gasteiger partial charge in [-0.25, -0.2) is 9.97 Å². The third-order valence-corrected chi connectivity index (χ3v) is 4.27. The zero-order valence-corrected chi connectivity index (χ0v) is 14.0. The van der Waals surface area contributed by atoms with Gasteiger partial charge in [-0.05, 0) is 31.2 Å². The van der Waals surface area contributed by atoms with Gasteiger partial charge in [0.25, 0.3) is 0 Å². The molecule has 0 atom stereocenters. The maximum absolute atomic E-state index is 12.3. The van der Waals surface area contributed by atoms with Crippen molar-refractivity contribution >= 4 is 28.0 Å².